The summed E-state index contributed by atoms with van der Waals surface area (Å²) in [5.74, 6) is -1.38. The number of amides is 3. The van der Waals surface area contributed by atoms with E-state index in [0.29, 0.717) is 11.4 Å². The van der Waals surface area contributed by atoms with Gasteiger partial charge in [-0.05, 0) is 47.9 Å². The van der Waals surface area contributed by atoms with E-state index in [9.17, 15) is 29.3 Å². The molecule has 2 aromatic rings. The third-order valence-electron chi connectivity index (χ3n) is 6.03. The molecule has 0 spiro atoms. The lowest BCUT2D eigenvalue weighted by Crippen LogP contribution is -2.40. The van der Waals surface area contributed by atoms with Gasteiger partial charge in [0, 0.05) is 42.3 Å². The van der Waals surface area contributed by atoms with Gasteiger partial charge >= 0.3 is 12.1 Å². The van der Waals surface area contributed by atoms with Crippen LogP contribution >= 0.6 is 33.3 Å². The van der Waals surface area contributed by atoms with E-state index in [0.717, 1.165) is 10.5 Å². The molecule has 1 aromatic heterocycles. The van der Waals surface area contributed by atoms with Crippen LogP contribution < -0.4 is 10.6 Å². The Labute approximate surface area is 261 Å². The number of hydrogen-bond acceptors (Lipinski definition) is 11. The van der Waals surface area contributed by atoms with Crippen LogP contribution in [0, 0.1) is 10.1 Å². The van der Waals surface area contributed by atoms with Crippen molar-refractivity contribution in [2.24, 2.45) is 0 Å². The van der Waals surface area contributed by atoms with Crippen molar-refractivity contribution in [1.29, 1.82) is 0 Å². The number of carbonyl (C=O) groups excluding carboxylic acids is 3. The second kappa shape index (κ2) is 17.6. The number of rotatable bonds is 17. The molecule has 0 saturated heterocycles. The van der Waals surface area contributed by atoms with Crippen LogP contribution in [-0.2, 0) is 25.7 Å². The van der Waals surface area contributed by atoms with Crippen molar-refractivity contribution in [3.05, 3.63) is 58.3 Å². The number of carboxylic acids is 1. The predicted molar refractivity (Wildman–Crippen MR) is 166 cm³/mol. The Hall–Kier alpha value is -3.50. The summed E-state index contributed by atoms with van der Waals surface area (Å²) in [7, 11) is 4.27. The van der Waals surface area contributed by atoms with E-state index < -0.39 is 23.0 Å². The van der Waals surface area contributed by atoms with E-state index in [4.69, 9.17) is 9.84 Å². The smallest absolute Gasteiger partial charge is 0.407 e. The Morgan fingerprint density at radius 1 is 1.09 bits per heavy atom. The number of ether oxygens (including phenoxy) is 1. The van der Waals surface area contributed by atoms with Crippen LogP contribution in [0.5, 0.6) is 0 Å². The van der Waals surface area contributed by atoms with Crippen molar-refractivity contribution < 1.29 is 33.9 Å². The number of benzene rings is 1. The number of nitrogens with zero attached hydrogens (tertiary/aromatic N) is 3. The minimum absolute atomic E-state index is 0.0643. The van der Waals surface area contributed by atoms with Crippen LogP contribution in [-0.4, -0.2) is 80.5 Å². The highest BCUT2D eigenvalue weighted by Gasteiger charge is 2.25. The fraction of sp³-hybridized carbons (Fsp3) is 0.444. The molecular weight excluding hydrogens is 619 g/mol. The maximum atomic E-state index is 12.2. The molecule has 0 aliphatic heterocycles. The summed E-state index contributed by atoms with van der Waals surface area (Å²) in [4.78, 5) is 63.9. The van der Waals surface area contributed by atoms with Crippen LogP contribution in [0.15, 0.2) is 52.5 Å². The van der Waals surface area contributed by atoms with Gasteiger partial charge in [0.15, 0.2) is 0 Å². The number of carboxylic acid groups (broad SMARTS) is 1. The molecule has 0 aliphatic rings. The van der Waals surface area contributed by atoms with Crippen molar-refractivity contribution in [2.75, 3.05) is 25.9 Å². The summed E-state index contributed by atoms with van der Waals surface area (Å²) in [5.41, 5.74) is 0.723. The van der Waals surface area contributed by atoms with E-state index in [2.05, 4.69) is 15.6 Å². The molecule has 234 valence electrons. The van der Waals surface area contributed by atoms with E-state index in [-0.39, 0.29) is 54.1 Å². The molecule has 3 amide bonds. The summed E-state index contributed by atoms with van der Waals surface area (Å²) < 4.78 is 4.84. The first kappa shape index (κ1) is 35.7. The van der Waals surface area contributed by atoms with E-state index in [1.165, 1.54) is 64.5 Å². The molecular formula is C27H35N5O8S3. The number of nitro groups is 1. The summed E-state index contributed by atoms with van der Waals surface area (Å²) in [6, 6.07) is 9.46. The number of carbonyl (C=O) groups is 4. The number of nitrogens with one attached hydrogen (secondary N) is 2. The molecule has 16 heteroatoms. The van der Waals surface area contributed by atoms with E-state index in [1.807, 2.05) is 38.1 Å². The van der Waals surface area contributed by atoms with Crippen molar-refractivity contribution in [3.63, 3.8) is 0 Å². The molecule has 13 nitrogen and oxygen atoms in total. The van der Waals surface area contributed by atoms with Crippen molar-refractivity contribution in [2.45, 2.75) is 60.9 Å². The molecule has 0 unspecified atom stereocenters. The van der Waals surface area contributed by atoms with E-state index >= 15 is 0 Å². The topological polar surface area (TPSA) is 181 Å². The van der Waals surface area contributed by atoms with Crippen LogP contribution in [0.2, 0.25) is 0 Å². The molecule has 0 bridgehead atoms. The number of aliphatic carboxylic acids is 1. The molecule has 0 radical (unpaired) electrons. The summed E-state index contributed by atoms with van der Waals surface area (Å²) in [6.45, 7) is 5.76. The van der Waals surface area contributed by atoms with Gasteiger partial charge in [-0.1, -0.05) is 36.8 Å². The Morgan fingerprint density at radius 3 is 2.37 bits per heavy atom. The zero-order chi connectivity index (χ0) is 32.0. The molecule has 0 aliphatic carbocycles. The van der Waals surface area contributed by atoms with Crippen LogP contribution in [0.1, 0.15) is 39.2 Å². The lowest BCUT2D eigenvalue weighted by atomic mass is 10.1. The van der Waals surface area contributed by atoms with Gasteiger partial charge < -0.3 is 25.4 Å². The molecule has 1 heterocycles. The zero-order valence-corrected chi connectivity index (χ0v) is 26.7. The first-order chi connectivity index (χ1) is 20.3. The highest BCUT2D eigenvalue weighted by Crippen LogP contribution is 2.36. The molecule has 43 heavy (non-hydrogen) atoms. The summed E-state index contributed by atoms with van der Waals surface area (Å²) in [6.07, 6.45) is 1.25. The standard InChI is InChI=1S/C27H35N5O8S3/c1-18(25(35)36)31(4)24(34)11-12-27(2,3)41-17-22(33)28-13-14-29-26(37)40-16-19-5-8-21(9-6-19)42-43-23-10-7-20(15-30-23)32(38)39/h5-10,15,18H,11-14,16-17H2,1-4H3,(H,28,33)(H,29,37)(H,35,36)/t18-/m0/s1. The average molecular weight is 654 g/mol. The molecule has 0 saturated carbocycles. The zero-order valence-electron chi connectivity index (χ0n) is 24.2. The lowest BCUT2D eigenvalue weighted by molar-refractivity contribution is -0.385. The fourth-order valence-electron chi connectivity index (χ4n) is 3.18. The Kier molecular flexibility index (Phi) is 14.6. The average Bonchev–Trinajstić information content (AvgIpc) is 2.98. The normalized spacial score (nSPS) is 11.7. The number of hydrogen-bond donors (Lipinski definition) is 3. The lowest BCUT2D eigenvalue weighted by Gasteiger charge is -2.26. The van der Waals surface area contributed by atoms with Crippen molar-refractivity contribution in [1.82, 2.24) is 20.5 Å². The number of alkyl carbamates (subject to hydrolysis) is 1. The molecule has 3 N–H and O–H groups in total. The van der Waals surface area contributed by atoms with Crippen molar-refractivity contribution >= 4 is 62.9 Å². The number of pyridine rings is 1. The Balaban J connectivity index is 1.59. The first-order valence-electron chi connectivity index (χ1n) is 13.1. The molecule has 1 atom stereocenters. The minimum Gasteiger partial charge on any atom is -0.480 e. The number of aromatic nitrogens is 1. The highest BCUT2D eigenvalue weighted by molar-refractivity contribution is 8.76. The van der Waals surface area contributed by atoms with Gasteiger partial charge in [-0.15, -0.1) is 11.8 Å². The largest absolute Gasteiger partial charge is 0.480 e. The molecule has 1 aromatic carbocycles. The Bertz CT molecular complexity index is 1260. The second-order valence-electron chi connectivity index (χ2n) is 9.84. The summed E-state index contributed by atoms with van der Waals surface area (Å²) >= 11 is 1.39. The van der Waals surface area contributed by atoms with E-state index in [1.54, 1.807) is 6.07 Å². The van der Waals surface area contributed by atoms with Gasteiger partial charge in [0.1, 0.15) is 23.9 Å². The summed E-state index contributed by atoms with van der Waals surface area (Å²) in [5, 5.41) is 25.7. The van der Waals surface area contributed by atoms with Crippen LogP contribution in [0.4, 0.5) is 10.5 Å². The SMILES string of the molecule is C[C@@H](C(=O)O)N(C)C(=O)CCC(C)(C)SCC(=O)NCCNC(=O)OCc1ccc(SSc2ccc([N+](=O)[O-])cn2)cc1. The van der Waals surface area contributed by atoms with Crippen molar-refractivity contribution in [3.8, 4) is 0 Å². The van der Waals surface area contributed by atoms with Gasteiger partial charge in [0.25, 0.3) is 5.69 Å². The third kappa shape index (κ3) is 13.6. The van der Waals surface area contributed by atoms with Gasteiger partial charge in [0.2, 0.25) is 11.8 Å². The number of thioether (sulfide) groups is 1. The second-order valence-corrected chi connectivity index (χ2v) is 13.7. The molecule has 0 fully saturated rings. The Morgan fingerprint density at radius 2 is 1.77 bits per heavy atom. The first-order valence-corrected chi connectivity index (χ1v) is 16.2. The van der Waals surface area contributed by atoms with Crippen LogP contribution in [0.25, 0.3) is 0 Å². The monoisotopic (exact) mass is 653 g/mol. The number of likely N-dealkylation sites (N-methyl/N-ethyl adjacent to an activating group) is 1. The maximum absolute atomic E-state index is 12.2. The van der Waals surface area contributed by atoms with Gasteiger partial charge in [0.05, 0.1) is 10.7 Å². The molecule has 2 rings (SSSR count). The fourth-order valence-corrected chi connectivity index (χ4v) is 5.87. The van der Waals surface area contributed by atoms with Crippen LogP contribution in [0.3, 0.4) is 0 Å². The maximum Gasteiger partial charge on any atom is 0.407 e. The third-order valence-corrected chi connectivity index (χ3v) is 9.72. The van der Waals surface area contributed by atoms with Gasteiger partial charge in [-0.25, -0.2) is 14.6 Å². The van der Waals surface area contributed by atoms with Gasteiger partial charge in [-0.3, -0.25) is 19.7 Å². The highest BCUT2D eigenvalue weighted by atomic mass is 33.1. The predicted octanol–water partition coefficient (Wildman–Crippen LogP) is 4.36. The van der Waals surface area contributed by atoms with Gasteiger partial charge in [-0.2, -0.15) is 0 Å². The quantitative estimate of drug-likeness (QED) is 0.0952. The minimum atomic E-state index is -1.07.